The van der Waals surface area contributed by atoms with E-state index in [1.54, 1.807) is 6.33 Å². The highest BCUT2D eigenvalue weighted by Crippen LogP contribution is 2.31. The fraction of sp³-hybridized carbons (Fsp3) is 0.474. The highest BCUT2D eigenvalue weighted by molar-refractivity contribution is 5.77. The lowest BCUT2D eigenvalue weighted by Crippen LogP contribution is -2.49. The zero-order valence-corrected chi connectivity index (χ0v) is 14.7. The quantitative estimate of drug-likeness (QED) is 0.922. The lowest BCUT2D eigenvalue weighted by molar-refractivity contribution is -0.136. The number of imidazole rings is 1. The average Bonchev–Trinajstić information content (AvgIpc) is 3.24. The first kappa shape index (κ1) is 16.1. The molecule has 1 aromatic carbocycles. The molecule has 0 bridgehead atoms. The van der Waals surface area contributed by atoms with E-state index >= 15 is 0 Å². The molecule has 25 heavy (non-hydrogen) atoms. The molecule has 0 spiro atoms. The van der Waals surface area contributed by atoms with Crippen LogP contribution in [0.3, 0.4) is 0 Å². The molecule has 1 aromatic heterocycles. The van der Waals surface area contributed by atoms with Gasteiger partial charge in [-0.05, 0) is 23.6 Å². The summed E-state index contributed by atoms with van der Waals surface area (Å²) in [4.78, 5) is 18.3. The predicted octanol–water partition coefficient (Wildman–Crippen LogP) is 1.81. The van der Waals surface area contributed by atoms with Crippen molar-refractivity contribution in [2.24, 2.45) is 7.05 Å². The van der Waals surface area contributed by atoms with Crippen LogP contribution in [-0.2, 0) is 24.8 Å². The van der Waals surface area contributed by atoms with Crippen LogP contribution in [0.2, 0.25) is 0 Å². The number of rotatable bonds is 4. The fourth-order valence-corrected chi connectivity index (χ4v) is 3.91. The summed E-state index contributed by atoms with van der Waals surface area (Å²) in [5, 5.41) is 3.67. The summed E-state index contributed by atoms with van der Waals surface area (Å²) in [6, 6.07) is 6.63. The number of likely N-dealkylation sites (tertiary alicyclic amines) is 1. The molecule has 1 saturated heterocycles. The number of likely N-dealkylation sites (N-methyl/N-ethyl adjacent to an activating group) is 1. The number of amides is 1. The second kappa shape index (κ2) is 6.52. The zero-order valence-electron chi connectivity index (χ0n) is 14.7. The molecule has 0 aliphatic carbocycles. The van der Waals surface area contributed by atoms with Gasteiger partial charge in [0.15, 0.2) is 0 Å². The van der Waals surface area contributed by atoms with Gasteiger partial charge in [-0.2, -0.15) is 0 Å². The SMILES string of the molecule is CN1C(=O)CC[C@@H](NCc2ccc3c(c2)CCO3)[C@@H]1c1cncn1C. The van der Waals surface area contributed by atoms with Crippen molar-refractivity contribution in [3.63, 3.8) is 0 Å². The number of piperidine rings is 1. The molecule has 3 heterocycles. The Morgan fingerprint density at radius 2 is 2.20 bits per heavy atom. The molecule has 4 rings (SSSR count). The van der Waals surface area contributed by atoms with Gasteiger partial charge in [0, 0.05) is 39.5 Å². The lowest BCUT2D eigenvalue weighted by Gasteiger charge is -2.39. The summed E-state index contributed by atoms with van der Waals surface area (Å²) in [6.45, 7) is 1.57. The summed E-state index contributed by atoms with van der Waals surface area (Å²) in [5.74, 6) is 1.21. The summed E-state index contributed by atoms with van der Waals surface area (Å²) in [7, 11) is 3.87. The number of carbonyl (C=O) groups is 1. The number of nitrogens with one attached hydrogen (secondary N) is 1. The summed E-state index contributed by atoms with van der Waals surface area (Å²) in [6.07, 6.45) is 6.07. The minimum absolute atomic E-state index is 0.00603. The van der Waals surface area contributed by atoms with E-state index in [1.165, 1.54) is 11.1 Å². The fourth-order valence-electron chi connectivity index (χ4n) is 3.91. The molecule has 1 N–H and O–H groups in total. The third-order valence-electron chi connectivity index (χ3n) is 5.34. The number of aryl methyl sites for hydroxylation is 1. The molecule has 2 aliphatic rings. The molecule has 132 valence electrons. The number of benzene rings is 1. The van der Waals surface area contributed by atoms with E-state index in [-0.39, 0.29) is 18.0 Å². The van der Waals surface area contributed by atoms with Crippen LogP contribution >= 0.6 is 0 Å². The molecule has 2 aliphatic heterocycles. The monoisotopic (exact) mass is 340 g/mol. The van der Waals surface area contributed by atoms with Gasteiger partial charge in [-0.1, -0.05) is 12.1 Å². The molecule has 6 heteroatoms. The lowest BCUT2D eigenvalue weighted by atomic mass is 9.93. The van der Waals surface area contributed by atoms with Gasteiger partial charge in [0.05, 0.1) is 30.9 Å². The minimum Gasteiger partial charge on any atom is -0.493 e. The maximum atomic E-state index is 12.2. The Kier molecular flexibility index (Phi) is 4.21. The first-order valence-corrected chi connectivity index (χ1v) is 8.83. The van der Waals surface area contributed by atoms with Gasteiger partial charge in [0.1, 0.15) is 5.75 Å². The number of fused-ring (bicyclic) bond motifs is 1. The van der Waals surface area contributed by atoms with Crippen molar-refractivity contribution < 1.29 is 9.53 Å². The van der Waals surface area contributed by atoms with Gasteiger partial charge < -0.3 is 19.5 Å². The Hall–Kier alpha value is -2.34. The van der Waals surface area contributed by atoms with E-state index in [9.17, 15) is 4.79 Å². The predicted molar refractivity (Wildman–Crippen MR) is 94.2 cm³/mol. The van der Waals surface area contributed by atoms with Crippen molar-refractivity contribution in [1.82, 2.24) is 19.8 Å². The molecule has 0 saturated carbocycles. The number of ether oxygens (including phenoxy) is 1. The average molecular weight is 340 g/mol. The largest absolute Gasteiger partial charge is 0.493 e. The van der Waals surface area contributed by atoms with Crippen LogP contribution in [0.4, 0.5) is 0 Å². The number of hydrogen-bond acceptors (Lipinski definition) is 4. The smallest absolute Gasteiger partial charge is 0.222 e. The highest BCUT2D eigenvalue weighted by Gasteiger charge is 2.35. The highest BCUT2D eigenvalue weighted by atomic mass is 16.5. The summed E-state index contributed by atoms with van der Waals surface area (Å²) < 4.78 is 7.58. The topological polar surface area (TPSA) is 59.4 Å². The van der Waals surface area contributed by atoms with E-state index < -0.39 is 0 Å². The number of hydrogen-bond donors (Lipinski definition) is 1. The first-order valence-electron chi connectivity index (χ1n) is 8.83. The van der Waals surface area contributed by atoms with Gasteiger partial charge >= 0.3 is 0 Å². The van der Waals surface area contributed by atoms with Crippen molar-refractivity contribution in [3.05, 3.63) is 47.5 Å². The van der Waals surface area contributed by atoms with Crippen molar-refractivity contribution in [2.75, 3.05) is 13.7 Å². The Balaban J connectivity index is 1.51. The third-order valence-corrected chi connectivity index (χ3v) is 5.34. The second-order valence-corrected chi connectivity index (χ2v) is 6.95. The van der Waals surface area contributed by atoms with E-state index in [0.29, 0.717) is 6.42 Å². The Labute approximate surface area is 147 Å². The minimum atomic E-state index is 0.00603. The van der Waals surface area contributed by atoms with Gasteiger partial charge in [0.2, 0.25) is 5.91 Å². The normalized spacial score (nSPS) is 22.8. The molecule has 1 amide bonds. The van der Waals surface area contributed by atoms with Gasteiger partial charge in [0.25, 0.3) is 0 Å². The molecular weight excluding hydrogens is 316 g/mol. The van der Waals surface area contributed by atoms with Crippen LogP contribution in [0.5, 0.6) is 5.75 Å². The van der Waals surface area contributed by atoms with Gasteiger partial charge in [-0.25, -0.2) is 4.98 Å². The van der Waals surface area contributed by atoms with E-state index in [1.807, 2.05) is 29.8 Å². The molecule has 1 fully saturated rings. The Morgan fingerprint density at radius 1 is 1.32 bits per heavy atom. The first-order chi connectivity index (χ1) is 12.1. The van der Waals surface area contributed by atoms with Gasteiger partial charge in [-0.3, -0.25) is 4.79 Å². The van der Waals surface area contributed by atoms with Crippen molar-refractivity contribution in [3.8, 4) is 5.75 Å². The maximum Gasteiger partial charge on any atom is 0.222 e. The molecule has 0 radical (unpaired) electrons. The molecule has 2 aromatic rings. The third kappa shape index (κ3) is 3.02. The Morgan fingerprint density at radius 3 is 3.00 bits per heavy atom. The molecule has 0 unspecified atom stereocenters. The number of carbonyl (C=O) groups excluding carboxylic acids is 1. The van der Waals surface area contributed by atoms with E-state index in [4.69, 9.17) is 4.74 Å². The van der Waals surface area contributed by atoms with Crippen molar-refractivity contribution >= 4 is 5.91 Å². The number of aromatic nitrogens is 2. The van der Waals surface area contributed by atoms with Crippen molar-refractivity contribution in [1.29, 1.82) is 0 Å². The maximum absolute atomic E-state index is 12.2. The number of nitrogens with zero attached hydrogens (tertiary/aromatic N) is 3. The van der Waals surface area contributed by atoms with E-state index in [2.05, 4.69) is 28.5 Å². The van der Waals surface area contributed by atoms with Crippen LogP contribution < -0.4 is 10.1 Å². The van der Waals surface area contributed by atoms with Crippen LogP contribution in [0.1, 0.15) is 35.7 Å². The zero-order chi connectivity index (χ0) is 17.4. The van der Waals surface area contributed by atoms with Crippen LogP contribution in [0.25, 0.3) is 0 Å². The van der Waals surface area contributed by atoms with Crippen LogP contribution in [0.15, 0.2) is 30.7 Å². The van der Waals surface area contributed by atoms with E-state index in [0.717, 1.165) is 37.4 Å². The molecule has 6 nitrogen and oxygen atoms in total. The van der Waals surface area contributed by atoms with Gasteiger partial charge in [-0.15, -0.1) is 0 Å². The standard InChI is InChI=1S/C19H24N4O2/c1-22-12-20-11-16(22)19-15(4-6-18(24)23(19)2)21-10-13-3-5-17-14(9-13)7-8-25-17/h3,5,9,11-12,15,19,21H,4,6-8,10H2,1-2H3/t15-,19-/m1/s1. The summed E-state index contributed by atoms with van der Waals surface area (Å²) >= 11 is 0. The molecular formula is C19H24N4O2. The van der Waals surface area contributed by atoms with Crippen molar-refractivity contribution in [2.45, 2.75) is 37.9 Å². The summed E-state index contributed by atoms with van der Waals surface area (Å²) in [5.41, 5.74) is 3.61. The second-order valence-electron chi connectivity index (χ2n) is 6.95. The van der Waals surface area contributed by atoms with Crippen LogP contribution in [0, 0.1) is 0 Å². The van der Waals surface area contributed by atoms with Crippen LogP contribution in [-0.4, -0.2) is 40.1 Å². The Bertz CT molecular complexity index is 785. The molecule has 2 atom stereocenters.